The summed E-state index contributed by atoms with van der Waals surface area (Å²) in [6.45, 7) is 6.89. The van der Waals surface area contributed by atoms with Crippen LogP contribution in [-0.4, -0.2) is 35.6 Å². The lowest BCUT2D eigenvalue weighted by Crippen LogP contribution is -2.40. The first-order valence-corrected chi connectivity index (χ1v) is 9.18. The van der Waals surface area contributed by atoms with Crippen LogP contribution in [0.3, 0.4) is 0 Å². The highest BCUT2D eigenvalue weighted by Crippen LogP contribution is 2.20. The van der Waals surface area contributed by atoms with E-state index in [-0.39, 0.29) is 17.7 Å². The van der Waals surface area contributed by atoms with Gasteiger partial charge in [0, 0.05) is 30.4 Å². The molecule has 2 amide bonds. The molecule has 0 radical (unpaired) electrons. The van der Waals surface area contributed by atoms with E-state index in [0.717, 1.165) is 17.2 Å². The SMILES string of the molecule is C=CC(=O)N1CCC(C(=O)Nc2ccc(CSCC)cc2)CC1. The number of carbonyl (C=O) groups is 2. The van der Waals surface area contributed by atoms with Crippen molar-refractivity contribution < 1.29 is 9.59 Å². The minimum atomic E-state index is -0.0515. The number of rotatable bonds is 6. The number of thioether (sulfide) groups is 1. The molecule has 1 N–H and O–H groups in total. The Morgan fingerprint density at radius 3 is 2.52 bits per heavy atom. The topological polar surface area (TPSA) is 49.4 Å². The first-order valence-electron chi connectivity index (χ1n) is 8.03. The van der Waals surface area contributed by atoms with Crippen LogP contribution in [0.1, 0.15) is 25.3 Å². The number of benzene rings is 1. The van der Waals surface area contributed by atoms with Crippen LogP contribution < -0.4 is 5.32 Å². The van der Waals surface area contributed by atoms with Gasteiger partial charge in [-0.2, -0.15) is 11.8 Å². The van der Waals surface area contributed by atoms with Crippen LogP contribution in [0, 0.1) is 5.92 Å². The predicted octanol–water partition coefficient (Wildman–Crippen LogP) is 3.30. The van der Waals surface area contributed by atoms with Crippen LogP contribution in [0.5, 0.6) is 0 Å². The molecule has 0 spiro atoms. The van der Waals surface area contributed by atoms with Crippen molar-refractivity contribution in [3.8, 4) is 0 Å². The van der Waals surface area contributed by atoms with Gasteiger partial charge in [-0.3, -0.25) is 9.59 Å². The number of hydrogen-bond donors (Lipinski definition) is 1. The Morgan fingerprint density at radius 2 is 1.96 bits per heavy atom. The van der Waals surface area contributed by atoms with Crippen molar-refractivity contribution in [3.05, 3.63) is 42.5 Å². The minimum absolute atomic E-state index is 0.0285. The van der Waals surface area contributed by atoms with E-state index in [1.54, 1.807) is 4.90 Å². The summed E-state index contributed by atoms with van der Waals surface area (Å²) in [5.74, 6) is 2.07. The molecule has 1 aliphatic heterocycles. The fourth-order valence-corrected chi connectivity index (χ4v) is 3.27. The van der Waals surface area contributed by atoms with Crippen LogP contribution >= 0.6 is 11.8 Å². The van der Waals surface area contributed by atoms with Gasteiger partial charge in [0.25, 0.3) is 0 Å². The third-order valence-corrected chi connectivity index (χ3v) is 4.99. The molecule has 0 unspecified atom stereocenters. The summed E-state index contributed by atoms with van der Waals surface area (Å²) >= 11 is 1.88. The fourth-order valence-electron chi connectivity index (χ4n) is 2.64. The number of piperidine rings is 1. The Hall–Kier alpha value is -1.75. The number of carbonyl (C=O) groups excluding carboxylic acids is 2. The fraction of sp³-hybridized carbons (Fsp3) is 0.444. The summed E-state index contributed by atoms with van der Waals surface area (Å²) in [6, 6.07) is 8.03. The van der Waals surface area contributed by atoms with Crippen molar-refractivity contribution in [2.45, 2.75) is 25.5 Å². The van der Waals surface area contributed by atoms with E-state index in [4.69, 9.17) is 0 Å². The molecule has 124 valence electrons. The number of hydrogen-bond acceptors (Lipinski definition) is 3. The molecule has 0 aliphatic carbocycles. The summed E-state index contributed by atoms with van der Waals surface area (Å²) in [6.07, 6.45) is 2.74. The summed E-state index contributed by atoms with van der Waals surface area (Å²) in [5, 5.41) is 2.98. The Labute approximate surface area is 142 Å². The van der Waals surface area contributed by atoms with Gasteiger partial charge in [0.1, 0.15) is 0 Å². The van der Waals surface area contributed by atoms with Crippen molar-refractivity contribution >= 4 is 29.3 Å². The number of likely N-dealkylation sites (tertiary alicyclic amines) is 1. The molecule has 0 saturated carbocycles. The van der Waals surface area contributed by atoms with Gasteiger partial charge in [-0.1, -0.05) is 25.6 Å². The summed E-state index contributed by atoms with van der Waals surface area (Å²) in [5.41, 5.74) is 2.11. The van der Waals surface area contributed by atoms with Gasteiger partial charge >= 0.3 is 0 Å². The second-order valence-corrected chi connectivity index (χ2v) is 6.90. The zero-order valence-corrected chi connectivity index (χ0v) is 14.4. The van der Waals surface area contributed by atoms with E-state index < -0.39 is 0 Å². The zero-order valence-electron chi connectivity index (χ0n) is 13.6. The average Bonchev–Trinajstić information content (AvgIpc) is 2.60. The largest absolute Gasteiger partial charge is 0.339 e. The molecular formula is C18H24N2O2S. The lowest BCUT2D eigenvalue weighted by atomic mass is 9.95. The van der Waals surface area contributed by atoms with Gasteiger partial charge in [-0.05, 0) is 42.4 Å². The van der Waals surface area contributed by atoms with Crippen LogP contribution in [0.4, 0.5) is 5.69 Å². The molecule has 0 atom stereocenters. The normalized spacial score (nSPS) is 15.3. The van der Waals surface area contributed by atoms with Crippen molar-refractivity contribution in [1.82, 2.24) is 4.90 Å². The molecule has 2 rings (SSSR count). The zero-order chi connectivity index (χ0) is 16.7. The summed E-state index contributed by atoms with van der Waals surface area (Å²) in [7, 11) is 0. The van der Waals surface area contributed by atoms with Crippen molar-refractivity contribution in [3.63, 3.8) is 0 Å². The quantitative estimate of drug-likeness (QED) is 0.813. The average molecular weight is 332 g/mol. The van der Waals surface area contributed by atoms with Crippen molar-refractivity contribution in [1.29, 1.82) is 0 Å². The molecule has 0 aromatic heterocycles. The van der Waals surface area contributed by atoms with Gasteiger partial charge in [0.15, 0.2) is 0 Å². The molecular weight excluding hydrogens is 308 g/mol. The van der Waals surface area contributed by atoms with Gasteiger partial charge in [-0.15, -0.1) is 0 Å². The third-order valence-electron chi connectivity index (χ3n) is 4.05. The molecule has 1 fully saturated rings. The van der Waals surface area contributed by atoms with Crippen molar-refractivity contribution in [2.24, 2.45) is 5.92 Å². The van der Waals surface area contributed by atoms with Crippen molar-refractivity contribution in [2.75, 3.05) is 24.2 Å². The Morgan fingerprint density at radius 1 is 1.30 bits per heavy atom. The Bertz CT molecular complexity index is 549. The van der Waals surface area contributed by atoms with E-state index >= 15 is 0 Å². The highest BCUT2D eigenvalue weighted by Gasteiger charge is 2.26. The summed E-state index contributed by atoms with van der Waals surface area (Å²) < 4.78 is 0. The van der Waals surface area contributed by atoms with Gasteiger partial charge < -0.3 is 10.2 Å². The number of nitrogens with one attached hydrogen (secondary N) is 1. The Balaban J connectivity index is 1.83. The molecule has 1 aromatic rings. The molecule has 1 heterocycles. The Kier molecular flexibility index (Phi) is 6.71. The molecule has 23 heavy (non-hydrogen) atoms. The lowest BCUT2D eigenvalue weighted by Gasteiger charge is -2.30. The maximum Gasteiger partial charge on any atom is 0.245 e. The van der Waals surface area contributed by atoms with E-state index in [2.05, 4.69) is 31.0 Å². The highest BCUT2D eigenvalue weighted by molar-refractivity contribution is 7.98. The maximum atomic E-state index is 12.3. The van der Waals surface area contributed by atoms with Gasteiger partial charge in [0.05, 0.1) is 0 Å². The molecule has 1 aromatic carbocycles. The van der Waals surface area contributed by atoms with Crippen LogP contribution in [0.25, 0.3) is 0 Å². The van der Waals surface area contributed by atoms with E-state index in [1.807, 2.05) is 23.9 Å². The number of anilines is 1. The number of nitrogens with zero attached hydrogens (tertiary/aromatic N) is 1. The first-order chi connectivity index (χ1) is 11.1. The monoisotopic (exact) mass is 332 g/mol. The van der Waals surface area contributed by atoms with Crippen LogP contribution in [0.2, 0.25) is 0 Å². The predicted molar refractivity (Wildman–Crippen MR) is 96.4 cm³/mol. The second kappa shape index (κ2) is 8.77. The van der Waals surface area contributed by atoms with E-state index in [1.165, 1.54) is 11.6 Å². The number of amides is 2. The smallest absolute Gasteiger partial charge is 0.245 e. The standard InChI is InChI=1S/C18H24N2O2S/c1-3-17(21)20-11-9-15(10-12-20)18(22)19-16-7-5-14(6-8-16)13-23-4-2/h3,5-8,15H,1,4,9-13H2,2H3,(H,19,22). The van der Waals surface area contributed by atoms with Crippen LogP contribution in [0.15, 0.2) is 36.9 Å². The van der Waals surface area contributed by atoms with E-state index in [9.17, 15) is 9.59 Å². The lowest BCUT2D eigenvalue weighted by molar-refractivity contribution is -0.130. The molecule has 0 bridgehead atoms. The summed E-state index contributed by atoms with van der Waals surface area (Å²) in [4.78, 5) is 25.6. The second-order valence-electron chi connectivity index (χ2n) is 5.63. The van der Waals surface area contributed by atoms with E-state index in [0.29, 0.717) is 25.9 Å². The molecule has 1 saturated heterocycles. The first kappa shape index (κ1) is 17.6. The molecule has 1 aliphatic rings. The van der Waals surface area contributed by atoms with Crippen LogP contribution in [-0.2, 0) is 15.3 Å². The maximum absolute atomic E-state index is 12.3. The minimum Gasteiger partial charge on any atom is -0.339 e. The highest BCUT2D eigenvalue weighted by atomic mass is 32.2. The molecule has 4 nitrogen and oxygen atoms in total. The molecule has 5 heteroatoms. The van der Waals surface area contributed by atoms with Gasteiger partial charge in [0.2, 0.25) is 11.8 Å². The van der Waals surface area contributed by atoms with Gasteiger partial charge in [-0.25, -0.2) is 0 Å². The third kappa shape index (κ3) is 5.13.